The number of rotatable bonds is 6. The van der Waals surface area contributed by atoms with Crippen LogP contribution in [0.15, 0.2) is 0 Å². The van der Waals surface area contributed by atoms with Crippen LogP contribution < -0.4 is 5.73 Å². The van der Waals surface area contributed by atoms with Crippen LogP contribution in [0.4, 0.5) is 0 Å². The van der Waals surface area contributed by atoms with Gasteiger partial charge in [-0.1, -0.05) is 0 Å². The maximum atomic E-state index is 5.41. The van der Waals surface area contributed by atoms with Crippen LogP contribution in [0, 0.1) is 0 Å². The van der Waals surface area contributed by atoms with E-state index in [0.717, 1.165) is 6.54 Å². The number of hydrogen-bond acceptors (Lipinski definition) is 3. The molecule has 1 aliphatic heterocycles. The van der Waals surface area contributed by atoms with Crippen molar-refractivity contribution < 1.29 is 0 Å². The lowest BCUT2D eigenvalue weighted by atomic mass is 10.4. The second-order valence-corrected chi connectivity index (χ2v) is 4.53. The molecule has 1 heterocycles. The summed E-state index contributed by atoms with van der Waals surface area (Å²) in [5.74, 6) is 2.53. The van der Waals surface area contributed by atoms with Crippen molar-refractivity contribution in [2.75, 3.05) is 37.7 Å². The van der Waals surface area contributed by atoms with Crippen molar-refractivity contribution in [2.24, 2.45) is 5.73 Å². The van der Waals surface area contributed by atoms with Gasteiger partial charge in [-0.05, 0) is 44.6 Å². The molecule has 2 nitrogen and oxygen atoms in total. The summed E-state index contributed by atoms with van der Waals surface area (Å²) in [5.41, 5.74) is 5.41. The van der Waals surface area contributed by atoms with E-state index in [1.54, 1.807) is 0 Å². The molecule has 0 spiro atoms. The molecule has 1 saturated heterocycles. The molecule has 0 amide bonds. The van der Waals surface area contributed by atoms with Gasteiger partial charge < -0.3 is 10.6 Å². The zero-order chi connectivity index (χ0) is 8.65. The Balaban J connectivity index is 1.81. The van der Waals surface area contributed by atoms with E-state index in [4.69, 9.17) is 5.73 Å². The van der Waals surface area contributed by atoms with E-state index in [9.17, 15) is 0 Å². The zero-order valence-corrected chi connectivity index (χ0v) is 8.61. The largest absolute Gasteiger partial charge is 0.330 e. The summed E-state index contributed by atoms with van der Waals surface area (Å²) in [4.78, 5) is 2.56. The molecule has 0 aliphatic carbocycles. The summed E-state index contributed by atoms with van der Waals surface area (Å²) in [6.07, 6.45) is 3.99. The number of hydrogen-bond donors (Lipinski definition) is 1. The summed E-state index contributed by atoms with van der Waals surface area (Å²) >= 11 is 2.04. The molecule has 3 heteroatoms. The second-order valence-electron chi connectivity index (χ2n) is 3.30. The first kappa shape index (κ1) is 10.4. The third-order valence-electron chi connectivity index (χ3n) is 2.24. The molecule has 2 N–H and O–H groups in total. The molecule has 1 rings (SSSR count). The van der Waals surface area contributed by atoms with Gasteiger partial charge in [0.2, 0.25) is 0 Å². The summed E-state index contributed by atoms with van der Waals surface area (Å²) in [5, 5.41) is 0. The molecule has 0 aromatic rings. The SMILES string of the molecule is NCCCSCCN1CCCC1. The van der Waals surface area contributed by atoms with Gasteiger partial charge in [0.05, 0.1) is 0 Å². The van der Waals surface area contributed by atoms with E-state index in [2.05, 4.69) is 4.90 Å². The Kier molecular flexibility index (Phi) is 5.82. The van der Waals surface area contributed by atoms with Crippen LogP contribution in [0.5, 0.6) is 0 Å². The van der Waals surface area contributed by atoms with Gasteiger partial charge in [0.25, 0.3) is 0 Å². The molecule has 0 bridgehead atoms. The summed E-state index contributed by atoms with van der Waals surface area (Å²) in [6.45, 7) is 4.79. The van der Waals surface area contributed by atoms with Crippen molar-refractivity contribution in [1.82, 2.24) is 4.90 Å². The lowest BCUT2D eigenvalue weighted by molar-refractivity contribution is 0.362. The van der Waals surface area contributed by atoms with E-state index >= 15 is 0 Å². The first-order valence-electron chi connectivity index (χ1n) is 4.93. The van der Waals surface area contributed by atoms with Gasteiger partial charge in [0.15, 0.2) is 0 Å². The van der Waals surface area contributed by atoms with Crippen molar-refractivity contribution in [3.63, 3.8) is 0 Å². The van der Waals surface area contributed by atoms with E-state index < -0.39 is 0 Å². The fourth-order valence-electron chi connectivity index (χ4n) is 1.49. The molecule has 0 unspecified atom stereocenters. The van der Waals surface area contributed by atoms with E-state index in [1.807, 2.05) is 11.8 Å². The highest BCUT2D eigenvalue weighted by Crippen LogP contribution is 2.09. The Labute approximate surface area is 79.9 Å². The Morgan fingerprint density at radius 3 is 2.58 bits per heavy atom. The molecule has 72 valence electrons. The van der Waals surface area contributed by atoms with Gasteiger partial charge in [0, 0.05) is 12.3 Å². The maximum absolute atomic E-state index is 5.41. The van der Waals surface area contributed by atoms with E-state index in [-0.39, 0.29) is 0 Å². The molecule has 0 aromatic heterocycles. The Morgan fingerprint density at radius 1 is 1.17 bits per heavy atom. The smallest absolute Gasteiger partial charge is 0.00723 e. The third-order valence-corrected chi connectivity index (χ3v) is 3.29. The lowest BCUT2D eigenvalue weighted by Gasteiger charge is -2.13. The monoisotopic (exact) mass is 188 g/mol. The van der Waals surface area contributed by atoms with E-state index in [0.29, 0.717) is 0 Å². The first-order valence-corrected chi connectivity index (χ1v) is 6.09. The van der Waals surface area contributed by atoms with Gasteiger partial charge >= 0.3 is 0 Å². The maximum Gasteiger partial charge on any atom is 0.00723 e. The highest BCUT2D eigenvalue weighted by molar-refractivity contribution is 7.99. The van der Waals surface area contributed by atoms with Gasteiger partial charge in [0.1, 0.15) is 0 Å². The van der Waals surface area contributed by atoms with Crippen LogP contribution >= 0.6 is 11.8 Å². The highest BCUT2D eigenvalue weighted by Gasteiger charge is 2.09. The van der Waals surface area contributed by atoms with Gasteiger partial charge in [-0.15, -0.1) is 0 Å². The Morgan fingerprint density at radius 2 is 1.92 bits per heavy atom. The minimum Gasteiger partial charge on any atom is -0.330 e. The van der Waals surface area contributed by atoms with Gasteiger partial charge in [-0.2, -0.15) is 11.8 Å². The van der Waals surface area contributed by atoms with Crippen molar-refractivity contribution in [1.29, 1.82) is 0 Å². The van der Waals surface area contributed by atoms with Crippen LogP contribution in [-0.4, -0.2) is 42.6 Å². The molecular weight excluding hydrogens is 168 g/mol. The molecule has 0 radical (unpaired) electrons. The van der Waals surface area contributed by atoms with Crippen LogP contribution in [0.25, 0.3) is 0 Å². The highest BCUT2D eigenvalue weighted by atomic mass is 32.2. The molecule has 0 atom stereocenters. The first-order chi connectivity index (χ1) is 5.93. The molecule has 12 heavy (non-hydrogen) atoms. The molecular formula is C9H20N2S. The fraction of sp³-hybridized carbons (Fsp3) is 1.00. The second kappa shape index (κ2) is 6.75. The summed E-state index contributed by atoms with van der Waals surface area (Å²) in [7, 11) is 0. The number of likely N-dealkylation sites (tertiary alicyclic amines) is 1. The lowest BCUT2D eigenvalue weighted by Crippen LogP contribution is -2.22. The van der Waals surface area contributed by atoms with Crippen molar-refractivity contribution in [2.45, 2.75) is 19.3 Å². The predicted octanol–water partition coefficient (Wildman–Crippen LogP) is 1.16. The van der Waals surface area contributed by atoms with Gasteiger partial charge in [-0.25, -0.2) is 0 Å². The standard InChI is InChI=1S/C9H20N2S/c10-4-3-8-12-9-7-11-5-1-2-6-11/h1-10H2. The number of nitrogens with zero attached hydrogens (tertiary/aromatic N) is 1. The van der Waals surface area contributed by atoms with Crippen LogP contribution in [0.1, 0.15) is 19.3 Å². The minimum atomic E-state index is 0.844. The number of nitrogens with two attached hydrogens (primary N) is 1. The van der Waals surface area contributed by atoms with Crippen molar-refractivity contribution in [3.8, 4) is 0 Å². The molecule has 0 saturated carbocycles. The molecule has 0 aromatic carbocycles. The third kappa shape index (κ3) is 4.33. The zero-order valence-electron chi connectivity index (χ0n) is 7.80. The van der Waals surface area contributed by atoms with Crippen LogP contribution in [0.3, 0.4) is 0 Å². The average molecular weight is 188 g/mol. The average Bonchev–Trinajstić information content (AvgIpc) is 2.57. The number of thioether (sulfide) groups is 1. The summed E-state index contributed by atoms with van der Waals surface area (Å²) < 4.78 is 0. The molecule has 1 aliphatic rings. The van der Waals surface area contributed by atoms with Crippen molar-refractivity contribution >= 4 is 11.8 Å². The topological polar surface area (TPSA) is 29.3 Å². The molecule has 1 fully saturated rings. The Hall–Kier alpha value is 0.270. The van der Waals surface area contributed by atoms with Crippen LogP contribution in [0.2, 0.25) is 0 Å². The Bertz CT molecular complexity index is 103. The fourth-order valence-corrected chi connectivity index (χ4v) is 2.45. The van der Waals surface area contributed by atoms with Crippen molar-refractivity contribution in [3.05, 3.63) is 0 Å². The van der Waals surface area contributed by atoms with E-state index in [1.165, 1.54) is 50.4 Å². The quantitative estimate of drug-likeness (QED) is 0.634. The van der Waals surface area contributed by atoms with Gasteiger partial charge in [-0.3, -0.25) is 0 Å². The van der Waals surface area contributed by atoms with Crippen LogP contribution in [-0.2, 0) is 0 Å². The summed E-state index contributed by atoms with van der Waals surface area (Å²) in [6, 6.07) is 0. The normalized spacial score (nSPS) is 18.8. The minimum absolute atomic E-state index is 0.844. The predicted molar refractivity (Wildman–Crippen MR) is 56.7 cm³/mol.